The van der Waals surface area contributed by atoms with E-state index in [2.05, 4.69) is 14.9 Å². The maximum Gasteiger partial charge on any atom is 0.243 e. The Bertz CT molecular complexity index is 1310. The van der Waals surface area contributed by atoms with Crippen LogP contribution in [0.4, 0.5) is 0 Å². The van der Waals surface area contributed by atoms with Gasteiger partial charge in [0.05, 0.1) is 31.7 Å². The lowest BCUT2D eigenvalue weighted by Crippen LogP contribution is -2.45. The molecule has 1 aliphatic heterocycles. The van der Waals surface area contributed by atoms with Crippen LogP contribution in [0.5, 0.6) is 5.75 Å². The molecule has 0 radical (unpaired) electrons. The molecule has 2 heterocycles. The van der Waals surface area contributed by atoms with Crippen molar-refractivity contribution in [2.75, 3.05) is 13.7 Å². The number of allylic oxidation sites excluding steroid dienone is 1. The van der Waals surface area contributed by atoms with Gasteiger partial charge >= 0.3 is 0 Å². The van der Waals surface area contributed by atoms with Crippen LogP contribution in [0.15, 0.2) is 72.9 Å². The minimum absolute atomic E-state index is 0.165. The van der Waals surface area contributed by atoms with Gasteiger partial charge < -0.3 is 30.0 Å². The number of nitrogens with one attached hydrogen (secondary N) is 2. The molecule has 0 bridgehead atoms. The molecule has 0 saturated carbocycles. The lowest BCUT2D eigenvalue weighted by molar-refractivity contribution is -0.138. The number of nitrogens with zero attached hydrogens (tertiary/aromatic N) is 3. The van der Waals surface area contributed by atoms with E-state index >= 15 is 0 Å². The standard InChI is InChI=1S/C29H33N5O4/c1-20(30)14-24(35)15-28(36)34-13-3-4-26(34)29(37)32-16-21-5-9-23(10-6-21)27-17-31-19-33(27)18-22-7-11-25(38-2)12-8-22/h5-12,14,17,19,26,30,35H,3-4,13,15-16,18H2,1-2H3,(H,32,37)/b24-14-,30-20?/t26-/m0/s1. The van der Waals surface area contributed by atoms with Gasteiger partial charge in [-0.25, -0.2) is 4.98 Å². The summed E-state index contributed by atoms with van der Waals surface area (Å²) in [5, 5.41) is 20.2. The number of rotatable bonds is 10. The number of imidazole rings is 1. The zero-order valence-electron chi connectivity index (χ0n) is 21.7. The van der Waals surface area contributed by atoms with E-state index in [9.17, 15) is 14.7 Å². The van der Waals surface area contributed by atoms with Gasteiger partial charge in [0, 0.05) is 25.3 Å². The number of aliphatic hydroxyl groups is 1. The molecule has 0 spiro atoms. The highest BCUT2D eigenvalue weighted by molar-refractivity contribution is 5.92. The van der Waals surface area contributed by atoms with Gasteiger partial charge in [-0.1, -0.05) is 36.4 Å². The van der Waals surface area contributed by atoms with Crippen molar-refractivity contribution in [1.29, 1.82) is 5.41 Å². The van der Waals surface area contributed by atoms with Gasteiger partial charge in [0.2, 0.25) is 11.8 Å². The summed E-state index contributed by atoms with van der Waals surface area (Å²) in [7, 11) is 1.65. The Kier molecular flexibility index (Phi) is 8.58. The minimum Gasteiger partial charge on any atom is -0.512 e. The van der Waals surface area contributed by atoms with Crippen molar-refractivity contribution < 1.29 is 19.4 Å². The Morgan fingerprint density at radius 2 is 1.87 bits per heavy atom. The first-order chi connectivity index (χ1) is 18.3. The van der Waals surface area contributed by atoms with E-state index < -0.39 is 6.04 Å². The average molecular weight is 516 g/mol. The molecule has 0 unspecified atom stereocenters. The van der Waals surface area contributed by atoms with Crippen LogP contribution < -0.4 is 10.1 Å². The number of carbonyl (C=O) groups is 2. The Morgan fingerprint density at radius 3 is 2.55 bits per heavy atom. The molecule has 9 nitrogen and oxygen atoms in total. The topological polar surface area (TPSA) is 121 Å². The van der Waals surface area contributed by atoms with Crippen molar-refractivity contribution in [3.63, 3.8) is 0 Å². The molecule has 9 heteroatoms. The molecule has 198 valence electrons. The Hall–Kier alpha value is -4.40. The highest BCUT2D eigenvalue weighted by Crippen LogP contribution is 2.23. The second kappa shape index (κ2) is 12.2. The van der Waals surface area contributed by atoms with Crippen molar-refractivity contribution in [3.05, 3.63) is 84.0 Å². The normalized spacial score (nSPS) is 15.4. The molecular weight excluding hydrogens is 482 g/mol. The van der Waals surface area contributed by atoms with Gasteiger partial charge in [-0.2, -0.15) is 0 Å². The molecule has 1 atom stereocenters. The van der Waals surface area contributed by atoms with Gasteiger partial charge in [0.1, 0.15) is 17.6 Å². The maximum absolute atomic E-state index is 12.9. The van der Waals surface area contributed by atoms with Crippen LogP contribution in [0.1, 0.15) is 37.3 Å². The molecule has 1 aromatic heterocycles. The number of amides is 2. The van der Waals surface area contributed by atoms with Crippen molar-refractivity contribution in [1.82, 2.24) is 19.8 Å². The van der Waals surface area contributed by atoms with Crippen molar-refractivity contribution in [3.8, 4) is 17.0 Å². The van der Waals surface area contributed by atoms with Crippen LogP contribution in [-0.2, 0) is 22.7 Å². The van der Waals surface area contributed by atoms with E-state index in [4.69, 9.17) is 10.1 Å². The summed E-state index contributed by atoms with van der Waals surface area (Å²) in [5.41, 5.74) is 4.26. The molecule has 1 saturated heterocycles. The number of hydrogen-bond acceptors (Lipinski definition) is 6. The molecular formula is C29H33N5O4. The van der Waals surface area contributed by atoms with E-state index in [0.717, 1.165) is 34.6 Å². The number of benzene rings is 2. The van der Waals surface area contributed by atoms with Crippen molar-refractivity contribution in [2.24, 2.45) is 0 Å². The smallest absolute Gasteiger partial charge is 0.243 e. The first-order valence-corrected chi connectivity index (χ1v) is 12.6. The Morgan fingerprint density at radius 1 is 1.16 bits per heavy atom. The summed E-state index contributed by atoms with van der Waals surface area (Å²) < 4.78 is 7.32. The van der Waals surface area contributed by atoms with Gasteiger partial charge in [-0.05, 0) is 54.7 Å². The number of likely N-dealkylation sites (tertiary alicyclic amines) is 1. The molecule has 2 aromatic carbocycles. The first-order valence-electron chi connectivity index (χ1n) is 12.6. The number of ether oxygens (including phenoxy) is 1. The Labute approximate surface area is 222 Å². The van der Waals surface area contributed by atoms with Crippen molar-refractivity contribution in [2.45, 2.75) is 45.3 Å². The summed E-state index contributed by atoms with van der Waals surface area (Å²) in [6.07, 6.45) is 6.00. The second-order valence-corrected chi connectivity index (χ2v) is 9.41. The number of carbonyl (C=O) groups excluding carboxylic acids is 2. The van der Waals surface area contributed by atoms with Crippen LogP contribution in [0.25, 0.3) is 11.3 Å². The third-order valence-corrected chi connectivity index (χ3v) is 6.53. The SMILES string of the molecule is COc1ccc(Cn2cncc2-c2ccc(CNC(=O)[C@@H]3CCCN3C(=O)C/C(O)=C/C(C)=N)cc2)cc1. The van der Waals surface area contributed by atoms with E-state index in [1.807, 2.05) is 61.1 Å². The maximum atomic E-state index is 12.9. The number of hydrogen-bond donors (Lipinski definition) is 3. The van der Waals surface area contributed by atoms with E-state index in [0.29, 0.717) is 26.1 Å². The minimum atomic E-state index is -0.553. The second-order valence-electron chi connectivity index (χ2n) is 9.41. The zero-order chi connectivity index (χ0) is 27.1. The van der Waals surface area contributed by atoms with Crippen LogP contribution in [0.3, 0.4) is 0 Å². The summed E-state index contributed by atoms with van der Waals surface area (Å²) in [6, 6.07) is 15.4. The lowest BCUT2D eigenvalue weighted by atomic mass is 10.1. The van der Waals surface area contributed by atoms with Gasteiger partial charge in [-0.3, -0.25) is 9.59 Å². The van der Waals surface area contributed by atoms with Crippen molar-refractivity contribution >= 4 is 17.5 Å². The summed E-state index contributed by atoms with van der Waals surface area (Å²) in [5.74, 6) is 0.136. The molecule has 3 aromatic rings. The average Bonchev–Trinajstić information content (AvgIpc) is 3.58. The molecule has 2 amide bonds. The van der Waals surface area contributed by atoms with E-state index in [1.54, 1.807) is 7.11 Å². The van der Waals surface area contributed by atoms with E-state index in [-0.39, 0.29) is 29.7 Å². The fraction of sp³-hybridized carbons (Fsp3) is 0.310. The quantitative estimate of drug-likeness (QED) is 0.278. The predicted octanol–water partition coefficient (Wildman–Crippen LogP) is 4.09. The summed E-state index contributed by atoms with van der Waals surface area (Å²) >= 11 is 0. The molecule has 38 heavy (non-hydrogen) atoms. The first kappa shape index (κ1) is 26.7. The van der Waals surface area contributed by atoms with Crippen LogP contribution >= 0.6 is 0 Å². The van der Waals surface area contributed by atoms with E-state index in [1.165, 1.54) is 17.9 Å². The number of methoxy groups -OCH3 is 1. The van der Waals surface area contributed by atoms with Crippen LogP contribution in [0, 0.1) is 5.41 Å². The summed E-state index contributed by atoms with van der Waals surface area (Å²) in [6.45, 7) is 3.03. The monoisotopic (exact) mass is 515 g/mol. The molecule has 0 aliphatic carbocycles. The lowest BCUT2D eigenvalue weighted by Gasteiger charge is -2.24. The highest BCUT2D eigenvalue weighted by atomic mass is 16.5. The fourth-order valence-corrected chi connectivity index (χ4v) is 4.61. The molecule has 1 aliphatic rings. The van der Waals surface area contributed by atoms with Crippen LogP contribution in [0.2, 0.25) is 0 Å². The molecule has 4 rings (SSSR count). The third kappa shape index (κ3) is 6.67. The largest absolute Gasteiger partial charge is 0.512 e. The summed E-state index contributed by atoms with van der Waals surface area (Å²) in [4.78, 5) is 31.3. The molecule has 3 N–H and O–H groups in total. The third-order valence-electron chi connectivity index (χ3n) is 6.53. The van der Waals surface area contributed by atoms with Gasteiger partial charge in [-0.15, -0.1) is 0 Å². The highest BCUT2D eigenvalue weighted by Gasteiger charge is 2.34. The molecule has 1 fully saturated rings. The van der Waals surface area contributed by atoms with Crippen LogP contribution in [-0.4, -0.2) is 56.8 Å². The number of aliphatic hydroxyl groups excluding tert-OH is 1. The Balaban J connectivity index is 1.34. The van der Waals surface area contributed by atoms with Gasteiger partial charge in [0.15, 0.2) is 0 Å². The number of aromatic nitrogens is 2. The fourth-order valence-electron chi connectivity index (χ4n) is 4.61. The zero-order valence-corrected chi connectivity index (χ0v) is 21.7. The van der Waals surface area contributed by atoms with Gasteiger partial charge in [0.25, 0.3) is 0 Å². The predicted molar refractivity (Wildman–Crippen MR) is 145 cm³/mol.